The molecule has 1 aliphatic heterocycles. The number of piperazine rings is 1. The predicted octanol–water partition coefficient (Wildman–Crippen LogP) is 1.14. The highest BCUT2D eigenvalue weighted by Crippen LogP contribution is 2.31. The molecule has 20 heavy (non-hydrogen) atoms. The maximum Gasteiger partial charge on any atom is 0.150 e. The van der Waals surface area contributed by atoms with E-state index in [4.69, 9.17) is 4.74 Å². The van der Waals surface area contributed by atoms with Crippen LogP contribution in [-0.2, 0) is 0 Å². The van der Waals surface area contributed by atoms with Crippen LogP contribution < -0.4 is 15.0 Å². The van der Waals surface area contributed by atoms with Crippen LogP contribution in [0.2, 0.25) is 0 Å². The summed E-state index contributed by atoms with van der Waals surface area (Å²) in [6.07, 6.45) is 3.48. The standard InChI is InChI=1S/C14H19N5O/c1-9-8-19(5-4-16-9)14-13-11(17-10(2)18-14)6-15-7-12(13)20-3/h6-7,9,16H,4-5,8H2,1-3H3. The number of aromatic nitrogens is 3. The summed E-state index contributed by atoms with van der Waals surface area (Å²) in [5.41, 5.74) is 0.832. The minimum Gasteiger partial charge on any atom is -0.494 e. The van der Waals surface area contributed by atoms with Crippen molar-refractivity contribution in [1.82, 2.24) is 20.3 Å². The Morgan fingerprint density at radius 2 is 2.20 bits per heavy atom. The highest BCUT2D eigenvalue weighted by Gasteiger charge is 2.21. The molecule has 106 valence electrons. The van der Waals surface area contributed by atoms with Crippen molar-refractivity contribution in [3.8, 4) is 5.75 Å². The summed E-state index contributed by atoms with van der Waals surface area (Å²) in [5.74, 6) is 2.43. The number of rotatable bonds is 2. The minimum atomic E-state index is 0.446. The van der Waals surface area contributed by atoms with Crippen molar-refractivity contribution in [2.75, 3.05) is 31.6 Å². The van der Waals surface area contributed by atoms with Crippen molar-refractivity contribution in [3.05, 3.63) is 18.2 Å². The van der Waals surface area contributed by atoms with Crippen molar-refractivity contribution in [2.45, 2.75) is 19.9 Å². The fraction of sp³-hybridized carbons (Fsp3) is 0.500. The Morgan fingerprint density at radius 1 is 1.35 bits per heavy atom. The van der Waals surface area contributed by atoms with Crippen LogP contribution in [0.15, 0.2) is 12.4 Å². The van der Waals surface area contributed by atoms with E-state index < -0.39 is 0 Å². The molecule has 0 amide bonds. The minimum absolute atomic E-state index is 0.446. The van der Waals surface area contributed by atoms with E-state index in [9.17, 15) is 0 Å². The van der Waals surface area contributed by atoms with E-state index in [2.05, 4.69) is 32.1 Å². The van der Waals surface area contributed by atoms with Gasteiger partial charge in [-0.05, 0) is 13.8 Å². The molecule has 1 aliphatic rings. The first-order valence-corrected chi connectivity index (χ1v) is 6.83. The Kier molecular flexibility index (Phi) is 3.40. The maximum absolute atomic E-state index is 5.44. The van der Waals surface area contributed by atoms with Gasteiger partial charge in [0, 0.05) is 25.7 Å². The van der Waals surface area contributed by atoms with Crippen LogP contribution in [-0.4, -0.2) is 47.7 Å². The highest BCUT2D eigenvalue weighted by molar-refractivity contribution is 5.94. The topological polar surface area (TPSA) is 63.2 Å². The first-order chi connectivity index (χ1) is 9.69. The third-order valence-electron chi connectivity index (χ3n) is 3.55. The van der Waals surface area contributed by atoms with Gasteiger partial charge in [0.15, 0.2) is 0 Å². The van der Waals surface area contributed by atoms with Crippen LogP contribution in [0.4, 0.5) is 5.82 Å². The molecule has 0 saturated carbocycles. The average Bonchev–Trinajstić information content (AvgIpc) is 2.45. The number of pyridine rings is 1. The van der Waals surface area contributed by atoms with E-state index in [1.165, 1.54) is 0 Å². The van der Waals surface area contributed by atoms with Crippen LogP contribution in [0.5, 0.6) is 5.75 Å². The number of anilines is 1. The molecule has 1 N–H and O–H groups in total. The lowest BCUT2D eigenvalue weighted by Gasteiger charge is -2.33. The van der Waals surface area contributed by atoms with Crippen LogP contribution >= 0.6 is 0 Å². The molecule has 6 heteroatoms. The molecule has 0 spiro atoms. The van der Waals surface area contributed by atoms with Crippen molar-refractivity contribution in [1.29, 1.82) is 0 Å². The number of aryl methyl sites for hydroxylation is 1. The van der Waals surface area contributed by atoms with E-state index in [1.54, 1.807) is 19.5 Å². The lowest BCUT2D eigenvalue weighted by Crippen LogP contribution is -2.49. The zero-order valence-corrected chi connectivity index (χ0v) is 12.1. The second kappa shape index (κ2) is 5.20. The Hall–Kier alpha value is -1.95. The van der Waals surface area contributed by atoms with Crippen molar-refractivity contribution < 1.29 is 4.74 Å². The molecular formula is C14H19N5O. The highest BCUT2D eigenvalue weighted by atomic mass is 16.5. The molecule has 6 nitrogen and oxygen atoms in total. The normalized spacial score (nSPS) is 19.4. The molecule has 0 aromatic carbocycles. The Labute approximate surface area is 118 Å². The van der Waals surface area contributed by atoms with E-state index in [1.807, 2.05) is 6.92 Å². The number of methoxy groups -OCH3 is 1. The largest absolute Gasteiger partial charge is 0.494 e. The second-order valence-electron chi connectivity index (χ2n) is 5.13. The van der Waals surface area contributed by atoms with Gasteiger partial charge in [0.2, 0.25) is 0 Å². The van der Waals surface area contributed by atoms with Crippen LogP contribution in [0.1, 0.15) is 12.7 Å². The maximum atomic E-state index is 5.44. The Morgan fingerprint density at radius 3 is 2.95 bits per heavy atom. The smallest absolute Gasteiger partial charge is 0.150 e. The SMILES string of the molecule is COc1cncc2nc(C)nc(N3CCNC(C)C3)c12. The molecule has 1 atom stereocenters. The van der Waals surface area contributed by atoms with E-state index in [-0.39, 0.29) is 0 Å². The summed E-state index contributed by atoms with van der Waals surface area (Å²) in [7, 11) is 1.65. The summed E-state index contributed by atoms with van der Waals surface area (Å²) in [6.45, 7) is 6.91. The predicted molar refractivity (Wildman–Crippen MR) is 78.3 cm³/mol. The van der Waals surface area contributed by atoms with Crippen molar-refractivity contribution in [3.63, 3.8) is 0 Å². The summed E-state index contributed by atoms with van der Waals surface area (Å²) in [5, 5.41) is 4.39. The Balaban J connectivity index is 2.17. The second-order valence-corrected chi connectivity index (χ2v) is 5.13. The summed E-state index contributed by atoms with van der Waals surface area (Å²) < 4.78 is 5.44. The molecule has 3 heterocycles. The molecule has 0 radical (unpaired) electrons. The lowest BCUT2D eigenvalue weighted by molar-refractivity contribution is 0.417. The molecule has 1 saturated heterocycles. The van der Waals surface area contributed by atoms with Gasteiger partial charge in [-0.2, -0.15) is 0 Å². The molecule has 0 aliphatic carbocycles. The summed E-state index contributed by atoms with van der Waals surface area (Å²) >= 11 is 0. The number of nitrogens with one attached hydrogen (secondary N) is 1. The van der Waals surface area contributed by atoms with Gasteiger partial charge in [-0.15, -0.1) is 0 Å². The van der Waals surface area contributed by atoms with Gasteiger partial charge in [0.05, 0.1) is 30.4 Å². The quantitative estimate of drug-likeness (QED) is 0.885. The first kappa shape index (κ1) is 13.1. The molecule has 3 rings (SSSR count). The van der Waals surface area contributed by atoms with Gasteiger partial charge < -0.3 is 15.0 Å². The summed E-state index contributed by atoms with van der Waals surface area (Å²) in [6, 6.07) is 0.446. The molecule has 2 aromatic rings. The van der Waals surface area contributed by atoms with E-state index >= 15 is 0 Å². The third-order valence-corrected chi connectivity index (χ3v) is 3.55. The van der Waals surface area contributed by atoms with Crippen LogP contribution in [0.3, 0.4) is 0 Å². The molecule has 0 bridgehead atoms. The van der Waals surface area contributed by atoms with Crippen molar-refractivity contribution in [2.24, 2.45) is 0 Å². The number of hydrogen-bond donors (Lipinski definition) is 1. The number of nitrogens with zero attached hydrogens (tertiary/aromatic N) is 4. The van der Waals surface area contributed by atoms with Gasteiger partial charge in [0.1, 0.15) is 17.4 Å². The van der Waals surface area contributed by atoms with E-state index in [0.29, 0.717) is 6.04 Å². The van der Waals surface area contributed by atoms with E-state index in [0.717, 1.165) is 47.9 Å². The molecule has 1 unspecified atom stereocenters. The van der Waals surface area contributed by atoms with Gasteiger partial charge in [-0.1, -0.05) is 0 Å². The Bertz CT molecular complexity index is 630. The lowest BCUT2D eigenvalue weighted by atomic mass is 10.2. The fourth-order valence-corrected chi connectivity index (χ4v) is 2.66. The summed E-state index contributed by atoms with van der Waals surface area (Å²) in [4.78, 5) is 15.6. The third kappa shape index (κ3) is 2.27. The monoisotopic (exact) mass is 273 g/mol. The van der Waals surface area contributed by atoms with Gasteiger partial charge in [-0.3, -0.25) is 4.98 Å². The molecule has 2 aromatic heterocycles. The number of hydrogen-bond acceptors (Lipinski definition) is 6. The number of fused-ring (bicyclic) bond motifs is 1. The zero-order valence-electron chi connectivity index (χ0n) is 12.1. The fourth-order valence-electron chi connectivity index (χ4n) is 2.66. The van der Waals surface area contributed by atoms with Gasteiger partial charge >= 0.3 is 0 Å². The van der Waals surface area contributed by atoms with Gasteiger partial charge in [0.25, 0.3) is 0 Å². The van der Waals surface area contributed by atoms with Crippen LogP contribution in [0.25, 0.3) is 10.9 Å². The van der Waals surface area contributed by atoms with Crippen LogP contribution in [0, 0.1) is 6.92 Å². The molecule has 1 fully saturated rings. The zero-order chi connectivity index (χ0) is 14.1. The molecular weight excluding hydrogens is 254 g/mol. The average molecular weight is 273 g/mol. The van der Waals surface area contributed by atoms with Crippen molar-refractivity contribution >= 4 is 16.7 Å². The number of ether oxygens (including phenoxy) is 1. The van der Waals surface area contributed by atoms with Gasteiger partial charge in [-0.25, -0.2) is 9.97 Å². The first-order valence-electron chi connectivity index (χ1n) is 6.83.